The first-order chi connectivity index (χ1) is 9.93. The van der Waals surface area contributed by atoms with E-state index in [0.717, 1.165) is 25.6 Å². The number of amides is 1. The lowest BCUT2D eigenvalue weighted by molar-refractivity contribution is 0.0748. The highest BCUT2D eigenvalue weighted by molar-refractivity contribution is 7.90. The van der Waals surface area contributed by atoms with Crippen LogP contribution in [0.15, 0.2) is 29.2 Å². The maximum absolute atomic E-state index is 12.6. The second-order valence-corrected chi connectivity index (χ2v) is 7.99. The largest absolute Gasteiger partial charge is 0.337 e. The number of nitrogens with zero attached hydrogens (tertiary/aromatic N) is 1. The zero-order valence-corrected chi connectivity index (χ0v) is 12.9. The van der Waals surface area contributed by atoms with Gasteiger partial charge in [-0.05, 0) is 37.5 Å². The van der Waals surface area contributed by atoms with Crippen LogP contribution in [-0.2, 0) is 9.84 Å². The number of fused-ring (bicyclic) bond motifs is 2. The maximum atomic E-state index is 12.6. The predicted molar refractivity (Wildman–Crippen MR) is 80.0 cm³/mol. The van der Waals surface area contributed by atoms with Gasteiger partial charge in [-0.15, -0.1) is 0 Å². The number of carbonyl (C=O) groups excluding carboxylic acids is 1. The van der Waals surface area contributed by atoms with Gasteiger partial charge in [0.05, 0.1) is 4.90 Å². The molecule has 114 valence electrons. The fourth-order valence-corrected chi connectivity index (χ4v) is 3.84. The summed E-state index contributed by atoms with van der Waals surface area (Å²) in [5, 5.41) is 3.53. The number of hydrogen-bond acceptors (Lipinski definition) is 4. The molecule has 1 N–H and O–H groups in total. The Kier molecular flexibility index (Phi) is 3.75. The Labute approximate surface area is 125 Å². The van der Waals surface area contributed by atoms with Gasteiger partial charge in [0.2, 0.25) is 0 Å². The van der Waals surface area contributed by atoms with Gasteiger partial charge in [-0.2, -0.15) is 0 Å². The molecule has 2 unspecified atom stereocenters. The van der Waals surface area contributed by atoms with Crippen molar-refractivity contribution in [1.82, 2.24) is 10.2 Å². The topological polar surface area (TPSA) is 66.5 Å². The number of benzene rings is 1. The second kappa shape index (κ2) is 5.42. The number of rotatable bonds is 2. The lowest BCUT2D eigenvalue weighted by Crippen LogP contribution is -2.39. The van der Waals surface area contributed by atoms with Crippen LogP contribution in [0.1, 0.15) is 29.6 Å². The molecule has 2 heterocycles. The van der Waals surface area contributed by atoms with Crippen molar-refractivity contribution in [2.45, 2.75) is 36.2 Å². The highest BCUT2D eigenvalue weighted by Crippen LogP contribution is 2.22. The molecule has 2 aliphatic heterocycles. The average molecular weight is 308 g/mol. The van der Waals surface area contributed by atoms with E-state index in [0.29, 0.717) is 24.2 Å². The molecule has 21 heavy (non-hydrogen) atoms. The van der Waals surface area contributed by atoms with Crippen LogP contribution in [0, 0.1) is 0 Å². The molecule has 0 saturated carbocycles. The molecule has 2 fully saturated rings. The molecule has 1 aromatic rings. The molecule has 1 aromatic carbocycles. The van der Waals surface area contributed by atoms with Crippen molar-refractivity contribution < 1.29 is 13.2 Å². The van der Waals surface area contributed by atoms with Crippen molar-refractivity contribution >= 4 is 15.7 Å². The van der Waals surface area contributed by atoms with Crippen LogP contribution < -0.4 is 5.32 Å². The van der Waals surface area contributed by atoms with Gasteiger partial charge in [0, 0.05) is 37.0 Å². The molecule has 0 aromatic heterocycles. The molecule has 2 bridgehead atoms. The van der Waals surface area contributed by atoms with E-state index in [-0.39, 0.29) is 10.8 Å². The minimum Gasteiger partial charge on any atom is -0.337 e. The van der Waals surface area contributed by atoms with Crippen molar-refractivity contribution in [2.75, 3.05) is 19.3 Å². The summed E-state index contributed by atoms with van der Waals surface area (Å²) >= 11 is 0. The van der Waals surface area contributed by atoms with E-state index >= 15 is 0 Å². The highest BCUT2D eigenvalue weighted by Gasteiger charge is 2.31. The third kappa shape index (κ3) is 3.11. The number of hydrogen-bond donors (Lipinski definition) is 1. The Bertz CT molecular complexity index is 657. The standard InChI is InChI=1S/C15H20N2O3S/c1-21(19,20)14-4-2-3-11(9-14)15(18)17-8-7-12-5-6-13(10-17)16-12/h2-4,9,12-13,16H,5-8,10H2,1H3. The number of likely N-dealkylation sites (tertiary alicyclic amines) is 1. The predicted octanol–water partition coefficient (Wildman–Crippen LogP) is 1.06. The van der Waals surface area contributed by atoms with Crippen LogP contribution in [0.4, 0.5) is 0 Å². The average Bonchev–Trinajstić information content (AvgIpc) is 2.77. The van der Waals surface area contributed by atoms with E-state index in [1.165, 1.54) is 18.6 Å². The SMILES string of the molecule is CS(=O)(=O)c1cccc(C(=O)N2CCC3CCC(C2)N3)c1. The minimum atomic E-state index is -3.29. The third-order valence-corrected chi connectivity index (χ3v) is 5.43. The molecule has 2 saturated heterocycles. The summed E-state index contributed by atoms with van der Waals surface area (Å²) in [7, 11) is -3.29. The normalized spacial score (nSPS) is 25.7. The first-order valence-electron chi connectivity index (χ1n) is 7.29. The number of sulfone groups is 1. The van der Waals surface area contributed by atoms with Crippen LogP contribution in [-0.4, -0.2) is 50.7 Å². The van der Waals surface area contributed by atoms with E-state index in [1.807, 2.05) is 4.90 Å². The van der Waals surface area contributed by atoms with E-state index < -0.39 is 9.84 Å². The summed E-state index contributed by atoms with van der Waals surface area (Å²) in [4.78, 5) is 14.7. The van der Waals surface area contributed by atoms with Crippen molar-refractivity contribution in [1.29, 1.82) is 0 Å². The molecular formula is C15H20N2O3S. The lowest BCUT2D eigenvalue weighted by atomic mass is 10.1. The number of nitrogens with one attached hydrogen (secondary N) is 1. The molecule has 0 aliphatic carbocycles. The monoisotopic (exact) mass is 308 g/mol. The smallest absolute Gasteiger partial charge is 0.253 e. The van der Waals surface area contributed by atoms with E-state index in [2.05, 4.69) is 5.32 Å². The lowest BCUT2D eigenvalue weighted by Gasteiger charge is -2.24. The van der Waals surface area contributed by atoms with E-state index in [4.69, 9.17) is 0 Å². The molecular weight excluding hydrogens is 288 g/mol. The minimum absolute atomic E-state index is 0.0742. The molecule has 2 aliphatic rings. The highest BCUT2D eigenvalue weighted by atomic mass is 32.2. The van der Waals surface area contributed by atoms with Crippen LogP contribution in [0.2, 0.25) is 0 Å². The van der Waals surface area contributed by atoms with Gasteiger partial charge in [-0.25, -0.2) is 8.42 Å². The fraction of sp³-hybridized carbons (Fsp3) is 0.533. The van der Waals surface area contributed by atoms with Crippen LogP contribution in [0.25, 0.3) is 0 Å². The molecule has 1 amide bonds. The Morgan fingerprint density at radius 3 is 2.76 bits per heavy atom. The van der Waals surface area contributed by atoms with Gasteiger partial charge >= 0.3 is 0 Å². The zero-order chi connectivity index (χ0) is 15.0. The Hall–Kier alpha value is -1.40. The first kappa shape index (κ1) is 14.5. The fourth-order valence-electron chi connectivity index (χ4n) is 3.17. The van der Waals surface area contributed by atoms with Crippen molar-refractivity contribution in [2.24, 2.45) is 0 Å². The summed E-state index contributed by atoms with van der Waals surface area (Å²) < 4.78 is 23.2. The number of carbonyl (C=O) groups is 1. The second-order valence-electron chi connectivity index (χ2n) is 5.98. The molecule has 3 rings (SSSR count). The van der Waals surface area contributed by atoms with E-state index in [9.17, 15) is 13.2 Å². The maximum Gasteiger partial charge on any atom is 0.253 e. The van der Waals surface area contributed by atoms with E-state index in [1.54, 1.807) is 12.1 Å². The van der Waals surface area contributed by atoms with Gasteiger partial charge in [0.1, 0.15) is 0 Å². The molecule has 5 nitrogen and oxygen atoms in total. The van der Waals surface area contributed by atoms with Gasteiger partial charge in [-0.3, -0.25) is 4.79 Å². The van der Waals surface area contributed by atoms with Crippen molar-refractivity contribution in [3.05, 3.63) is 29.8 Å². The van der Waals surface area contributed by atoms with Gasteiger partial charge in [0.15, 0.2) is 9.84 Å². The molecule has 6 heteroatoms. The molecule has 2 atom stereocenters. The third-order valence-electron chi connectivity index (χ3n) is 4.32. The van der Waals surface area contributed by atoms with Gasteiger partial charge in [-0.1, -0.05) is 6.07 Å². The Balaban J connectivity index is 1.82. The summed E-state index contributed by atoms with van der Waals surface area (Å²) in [6.45, 7) is 1.44. The van der Waals surface area contributed by atoms with Crippen LogP contribution >= 0.6 is 0 Å². The Morgan fingerprint density at radius 2 is 2.00 bits per heavy atom. The van der Waals surface area contributed by atoms with Crippen molar-refractivity contribution in [3.63, 3.8) is 0 Å². The van der Waals surface area contributed by atoms with Crippen LogP contribution in [0.3, 0.4) is 0 Å². The summed E-state index contributed by atoms with van der Waals surface area (Å²) in [5.74, 6) is -0.0742. The van der Waals surface area contributed by atoms with Gasteiger partial charge in [0.25, 0.3) is 5.91 Å². The van der Waals surface area contributed by atoms with Crippen molar-refractivity contribution in [3.8, 4) is 0 Å². The van der Waals surface area contributed by atoms with Gasteiger partial charge < -0.3 is 10.2 Å². The summed E-state index contributed by atoms with van der Waals surface area (Å²) in [6.07, 6.45) is 4.42. The molecule has 0 radical (unpaired) electrons. The first-order valence-corrected chi connectivity index (χ1v) is 9.18. The summed E-state index contributed by atoms with van der Waals surface area (Å²) in [6, 6.07) is 7.22. The molecule has 0 spiro atoms. The zero-order valence-electron chi connectivity index (χ0n) is 12.1. The van der Waals surface area contributed by atoms with Crippen LogP contribution in [0.5, 0.6) is 0 Å². The summed E-state index contributed by atoms with van der Waals surface area (Å²) in [5.41, 5.74) is 0.454. The quantitative estimate of drug-likeness (QED) is 0.887. The Morgan fingerprint density at radius 1 is 1.24 bits per heavy atom.